The Labute approximate surface area is 74.4 Å². The fourth-order valence-electron chi connectivity index (χ4n) is 0.644. The van der Waals surface area contributed by atoms with E-state index >= 15 is 0 Å². The molecule has 0 aliphatic heterocycles. The van der Waals surface area contributed by atoms with E-state index in [1.165, 1.54) is 0 Å². The van der Waals surface area contributed by atoms with Crippen LogP contribution in [0.1, 0.15) is 6.92 Å². The zero-order chi connectivity index (χ0) is 9.40. The molecular weight excluding hydrogens is 148 g/mol. The van der Waals surface area contributed by atoms with Crippen molar-refractivity contribution in [1.29, 1.82) is 0 Å². The SMILES string of the molecule is C=C/C(C)=C\C=C(/CNC)N=C. The molecule has 0 aromatic heterocycles. The van der Waals surface area contributed by atoms with Crippen molar-refractivity contribution in [3.8, 4) is 0 Å². The van der Waals surface area contributed by atoms with Crippen molar-refractivity contribution in [3.05, 3.63) is 36.1 Å². The molecule has 0 saturated heterocycles. The topological polar surface area (TPSA) is 24.4 Å². The fourth-order valence-corrected chi connectivity index (χ4v) is 0.644. The van der Waals surface area contributed by atoms with Gasteiger partial charge in [-0.05, 0) is 26.8 Å². The van der Waals surface area contributed by atoms with E-state index in [1.807, 2.05) is 26.1 Å². The van der Waals surface area contributed by atoms with Crippen LogP contribution in [0.25, 0.3) is 0 Å². The molecule has 2 nitrogen and oxygen atoms in total. The third-order valence-electron chi connectivity index (χ3n) is 1.42. The van der Waals surface area contributed by atoms with E-state index in [9.17, 15) is 0 Å². The first-order chi connectivity index (χ1) is 5.74. The molecule has 0 radical (unpaired) electrons. The Balaban J connectivity index is 4.28. The van der Waals surface area contributed by atoms with Crippen molar-refractivity contribution in [3.63, 3.8) is 0 Å². The number of hydrogen-bond acceptors (Lipinski definition) is 2. The summed E-state index contributed by atoms with van der Waals surface area (Å²) in [7, 11) is 1.88. The minimum Gasteiger partial charge on any atom is -0.314 e. The predicted molar refractivity (Wildman–Crippen MR) is 55.5 cm³/mol. The number of hydrogen-bond donors (Lipinski definition) is 1. The van der Waals surface area contributed by atoms with Crippen molar-refractivity contribution < 1.29 is 0 Å². The molecule has 12 heavy (non-hydrogen) atoms. The molecule has 0 unspecified atom stereocenters. The number of likely N-dealkylation sites (N-methyl/N-ethyl adjacent to an activating group) is 1. The number of allylic oxidation sites excluding steroid dienone is 4. The highest BCUT2D eigenvalue weighted by Crippen LogP contribution is 1.98. The molecule has 2 heteroatoms. The summed E-state index contributed by atoms with van der Waals surface area (Å²) in [6.45, 7) is 9.85. The van der Waals surface area contributed by atoms with Gasteiger partial charge in [0, 0.05) is 6.54 Å². The van der Waals surface area contributed by atoms with E-state index in [-0.39, 0.29) is 0 Å². The van der Waals surface area contributed by atoms with E-state index in [4.69, 9.17) is 0 Å². The zero-order valence-corrected chi connectivity index (χ0v) is 7.80. The van der Waals surface area contributed by atoms with Gasteiger partial charge in [-0.25, -0.2) is 0 Å². The van der Waals surface area contributed by atoms with Crippen LogP contribution < -0.4 is 5.32 Å². The Kier molecular flexibility index (Phi) is 5.93. The quantitative estimate of drug-likeness (QED) is 0.487. The minimum absolute atomic E-state index is 0.740. The van der Waals surface area contributed by atoms with Crippen molar-refractivity contribution >= 4 is 6.72 Å². The maximum Gasteiger partial charge on any atom is 0.0534 e. The van der Waals surface area contributed by atoms with Crippen molar-refractivity contribution in [2.75, 3.05) is 13.6 Å². The molecule has 0 amide bonds. The fraction of sp³-hybridized carbons (Fsp3) is 0.300. The van der Waals surface area contributed by atoms with Crippen LogP contribution in [-0.2, 0) is 0 Å². The average Bonchev–Trinajstić information content (AvgIpc) is 2.11. The summed E-state index contributed by atoms with van der Waals surface area (Å²) in [6.07, 6.45) is 5.70. The number of nitrogens with zero attached hydrogens (tertiary/aromatic N) is 1. The Hall–Kier alpha value is -1.15. The standard InChI is InChI=1S/C10H16N2/c1-5-9(2)6-7-10(12-4)8-11-3/h5-7,11H,1,4,8H2,2-3H3/b9-6-,10-7+. The van der Waals surface area contributed by atoms with Crippen LogP contribution in [0, 0.1) is 0 Å². The number of rotatable bonds is 5. The smallest absolute Gasteiger partial charge is 0.0534 e. The summed E-state index contributed by atoms with van der Waals surface area (Å²) in [5.41, 5.74) is 2.05. The first-order valence-corrected chi connectivity index (χ1v) is 3.85. The molecule has 0 bridgehead atoms. The van der Waals surface area contributed by atoms with Crippen LogP contribution >= 0.6 is 0 Å². The molecule has 0 fully saturated rings. The molecule has 0 heterocycles. The van der Waals surface area contributed by atoms with E-state index in [0.717, 1.165) is 17.8 Å². The molecule has 66 valence electrons. The van der Waals surface area contributed by atoms with Crippen molar-refractivity contribution in [1.82, 2.24) is 5.32 Å². The largest absolute Gasteiger partial charge is 0.314 e. The lowest BCUT2D eigenvalue weighted by atomic mass is 10.2. The summed E-state index contributed by atoms with van der Waals surface area (Å²) in [5.74, 6) is 0. The van der Waals surface area contributed by atoms with E-state index in [0.29, 0.717) is 0 Å². The Morgan fingerprint density at radius 3 is 2.58 bits per heavy atom. The summed E-state index contributed by atoms with van der Waals surface area (Å²) >= 11 is 0. The number of aliphatic imine (C=N–C) groups is 1. The van der Waals surface area contributed by atoms with E-state index in [2.05, 4.69) is 23.6 Å². The van der Waals surface area contributed by atoms with Crippen LogP contribution in [0.15, 0.2) is 41.1 Å². The second-order valence-corrected chi connectivity index (χ2v) is 2.46. The Morgan fingerprint density at radius 1 is 1.50 bits per heavy atom. The van der Waals surface area contributed by atoms with E-state index in [1.54, 1.807) is 6.08 Å². The van der Waals surface area contributed by atoms with Gasteiger partial charge >= 0.3 is 0 Å². The predicted octanol–water partition coefficient (Wildman–Crippen LogP) is 1.92. The lowest BCUT2D eigenvalue weighted by Gasteiger charge is -1.97. The second kappa shape index (κ2) is 6.55. The third kappa shape index (κ3) is 4.63. The minimum atomic E-state index is 0.740. The average molecular weight is 164 g/mol. The molecule has 0 saturated carbocycles. The molecule has 0 aliphatic rings. The van der Waals surface area contributed by atoms with Crippen LogP contribution in [0.5, 0.6) is 0 Å². The van der Waals surface area contributed by atoms with Gasteiger partial charge in [0.2, 0.25) is 0 Å². The molecule has 0 aromatic rings. The van der Waals surface area contributed by atoms with Gasteiger partial charge in [-0.1, -0.05) is 24.3 Å². The first kappa shape index (κ1) is 10.8. The van der Waals surface area contributed by atoms with Gasteiger partial charge in [-0.15, -0.1) is 0 Å². The normalized spacial score (nSPS) is 12.8. The second-order valence-electron chi connectivity index (χ2n) is 2.46. The van der Waals surface area contributed by atoms with E-state index < -0.39 is 0 Å². The van der Waals surface area contributed by atoms with Gasteiger partial charge in [0.15, 0.2) is 0 Å². The molecule has 1 N–H and O–H groups in total. The monoisotopic (exact) mass is 164 g/mol. The zero-order valence-electron chi connectivity index (χ0n) is 7.80. The summed E-state index contributed by atoms with van der Waals surface area (Å²) in [4.78, 5) is 3.85. The molecule has 0 spiro atoms. The Bertz CT molecular complexity index is 212. The molecule has 0 rings (SSSR count). The van der Waals surface area contributed by atoms with Gasteiger partial charge in [0.1, 0.15) is 0 Å². The first-order valence-electron chi connectivity index (χ1n) is 3.85. The molecular formula is C10H16N2. The summed E-state index contributed by atoms with van der Waals surface area (Å²) in [6, 6.07) is 0. The van der Waals surface area contributed by atoms with Gasteiger partial charge in [0.25, 0.3) is 0 Å². The Morgan fingerprint density at radius 2 is 2.17 bits per heavy atom. The highest BCUT2D eigenvalue weighted by Gasteiger charge is 1.87. The lowest BCUT2D eigenvalue weighted by Crippen LogP contribution is -2.08. The highest BCUT2D eigenvalue weighted by atomic mass is 14.9. The number of nitrogens with one attached hydrogen (secondary N) is 1. The van der Waals surface area contributed by atoms with Crippen LogP contribution in [0.3, 0.4) is 0 Å². The maximum absolute atomic E-state index is 3.85. The maximum atomic E-state index is 3.85. The highest BCUT2D eigenvalue weighted by molar-refractivity contribution is 5.32. The summed E-state index contributed by atoms with van der Waals surface area (Å²) < 4.78 is 0. The van der Waals surface area contributed by atoms with Crippen molar-refractivity contribution in [2.45, 2.75) is 6.92 Å². The van der Waals surface area contributed by atoms with Gasteiger partial charge in [-0.3, -0.25) is 4.99 Å². The molecule has 0 aromatic carbocycles. The van der Waals surface area contributed by atoms with Gasteiger partial charge in [0.05, 0.1) is 5.70 Å². The lowest BCUT2D eigenvalue weighted by molar-refractivity contribution is 0.873. The summed E-state index contributed by atoms with van der Waals surface area (Å²) in [5, 5.41) is 3.00. The van der Waals surface area contributed by atoms with Crippen molar-refractivity contribution in [2.24, 2.45) is 4.99 Å². The van der Waals surface area contributed by atoms with Gasteiger partial charge in [-0.2, -0.15) is 0 Å². The van der Waals surface area contributed by atoms with Crippen LogP contribution in [-0.4, -0.2) is 20.3 Å². The van der Waals surface area contributed by atoms with Gasteiger partial charge < -0.3 is 5.32 Å². The molecule has 0 aliphatic carbocycles. The van der Waals surface area contributed by atoms with Crippen LogP contribution in [0.2, 0.25) is 0 Å². The molecule has 0 atom stereocenters. The third-order valence-corrected chi connectivity index (χ3v) is 1.42. The van der Waals surface area contributed by atoms with Crippen LogP contribution in [0.4, 0.5) is 0 Å².